The molecular weight excluding hydrogens is 351 g/mol. The summed E-state index contributed by atoms with van der Waals surface area (Å²) in [6.45, 7) is 1.17. The van der Waals surface area contributed by atoms with Gasteiger partial charge in [0.15, 0.2) is 0 Å². The van der Waals surface area contributed by atoms with Gasteiger partial charge in [0.2, 0.25) is 0 Å². The highest BCUT2D eigenvalue weighted by molar-refractivity contribution is 8.13. The monoisotopic (exact) mass is 366 g/mol. The molecule has 5 nitrogen and oxygen atoms in total. The second-order valence-electron chi connectivity index (χ2n) is 5.16. The number of ether oxygens (including phenoxy) is 1. The van der Waals surface area contributed by atoms with Crippen LogP contribution >= 0.6 is 23.1 Å². The molecule has 0 spiro atoms. The Morgan fingerprint density at radius 1 is 1.33 bits per heavy atom. The van der Waals surface area contributed by atoms with Crippen molar-refractivity contribution in [2.24, 2.45) is 0 Å². The first-order valence-corrected chi connectivity index (χ1v) is 9.26. The van der Waals surface area contributed by atoms with Crippen molar-refractivity contribution in [1.29, 1.82) is 0 Å². The predicted octanol–water partition coefficient (Wildman–Crippen LogP) is 3.55. The van der Waals surface area contributed by atoms with E-state index in [2.05, 4.69) is 4.98 Å². The van der Waals surface area contributed by atoms with Gasteiger partial charge in [-0.2, -0.15) is 0 Å². The van der Waals surface area contributed by atoms with Crippen molar-refractivity contribution in [1.82, 2.24) is 9.88 Å². The summed E-state index contributed by atoms with van der Waals surface area (Å²) < 4.78 is 18.1. The normalized spacial score (nSPS) is 14.2. The quantitative estimate of drug-likeness (QED) is 0.732. The van der Waals surface area contributed by atoms with Crippen LogP contribution < -0.4 is 0 Å². The number of nitrogens with zero attached hydrogens (tertiary/aromatic N) is 2. The van der Waals surface area contributed by atoms with Crippen molar-refractivity contribution >= 4 is 34.3 Å². The maximum Gasteiger partial charge on any atom is 0.307 e. The van der Waals surface area contributed by atoms with Gasteiger partial charge >= 0.3 is 5.97 Å². The van der Waals surface area contributed by atoms with Gasteiger partial charge in [0, 0.05) is 29.8 Å². The molecule has 3 rings (SSSR count). The van der Waals surface area contributed by atoms with E-state index in [1.54, 1.807) is 17.0 Å². The van der Waals surface area contributed by atoms with E-state index in [0.29, 0.717) is 18.8 Å². The van der Waals surface area contributed by atoms with Crippen LogP contribution in [-0.4, -0.2) is 39.9 Å². The van der Waals surface area contributed by atoms with Gasteiger partial charge in [-0.1, -0.05) is 11.8 Å². The van der Waals surface area contributed by atoms with Crippen LogP contribution in [0.25, 0.3) is 10.6 Å². The molecule has 8 heteroatoms. The van der Waals surface area contributed by atoms with Crippen LogP contribution in [0.3, 0.4) is 0 Å². The summed E-state index contributed by atoms with van der Waals surface area (Å²) in [6, 6.07) is 6.09. The Morgan fingerprint density at radius 2 is 2.12 bits per heavy atom. The van der Waals surface area contributed by atoms with Crippen molar-refractivity contribution < 1.29 is 18.7 Å². The van der Waals surface area contributed by atoms with Crippen molar-refractivity contribution in [3.63, 3.8) is 0 Å². The van der Waals surface area contributed by atoms with Crippen LogP contribution in [0.15, 0.2) is 29.6 Å². The lowest BCUT2D eigenvalue weighted by Gasteiger charge is -2.13. The highest BCUT2D eigenvalue weighted by Crippen LogP contribution is 2.24. The van der Waals surface area contributed by atoms with E-state index >= 15 is 0 Å². The van der Waals surface area contributed by atoms with E-state index < -0.39 is 0 Å². The molecule has 2 heterocycles. The molecular formula is C16H15FN2O3S2. The third-order valence-electron chi connectivity index (χ3n) is 3.45. The molecule has 2 aromatic rings. The fourth-order valence-corrected chi connectivity index (χ4v) is 3.84. The van der Waals surface area contributed by atoms with Crippen LogP contribution in [0.4, 0.5) is 9.18 Å². The largest absolute Gasteiger partial charge is 0.459 e. The number of rotatable bonds is 6. The van der Waals surface area contributed by atoms with Gasteiger partial charge in [0.1, 0.15) is 17.4 Å². The van der Waals surface area contributed by atoms with Crippen molar-refractivity contribution in [2.45, 2.75) is 13.0 Å². The standard InChI is InChI=1S/C16H15FN2O3S2/c17-12-3-1-11(2-4-12)15-18-13(10-24-15)9-22-14(20)5-6-19-7-8-23-16(19)21/h1-4,10H,5-9H2. The maximum absolute atomic E-state index is 12.9. The van der Waals surface area contributed by atoms with E-state index in [4.69, 9.17) is 4.74 Å². The summed E-state index contributed by atoms with van der Waals surface area (Å²) in [6.07, 6.45) is 0.182. The highest BCUT2D eigenvalue weighted by atomic mass is 32.2. The van der Waals surface area contributed by atoms with Crippen LogP contribution in [0.2, 0.25) is 0 Å². The first kappa shape index (κ1) is 16.9. The SMILES string of the molecule is O=C(CCN1CCSC1=O)OCc1csc(-c2ccc(F)cc2)n1. The number of benzene rings is 1. The van der Waals surface area contributed by atoms with Crippen molar-refractivity contribution in [3.8, 4) is 10.6 Å². The van der Waals surface area contributed by atoms with Crippen LogP contribution in [0.1, 0.15) is 12.1 Å². The topological polar surface area (TPSA) is 59.5 Å². The Bertz CT molecular complexity index is 733. The molecule has 0 atom stereocenters. The fourth-order valence-electron chi connectivity index (χ4n) is 2.18. The molecule has 0 radical (unpaired) electrons. The third kappa shape index (κ3) is 4.33. The number of hydrogen-bond donors (Lipinski definition) is 0. The Balaban J connectivity index is 1.47. The number of thioether (sulfide) groups is 1. The van der Waals surface area contributed by atoms with E-state index in [1.807, 2.05) is 5.38 Å². The summed E-state index contributed by atoms with van der Waals surface area (Å²) in [5, 5.41) is 2.58. The first-order chi connectivity index (χ1) is 11.6. The molecule has 0 unspecified atom stereocenters. The van der Waals surface area contributed by atoms with Crippen LogP contribution in [-0.2, 0) is 16.1 Å². The number of carbonyl (C=O) groups is 2. The van der Waals surface area contributed by atoms with Crippen LogP contribution in [0.5, 0.6) is 0 Å². The minimum Gasteiger partial charge on any atom is -0.459 e. The van der Waals surface area contributed by atoms with Gasteiger partial charge < -0.3 is 9.64 Å². The number of esters is 1. The number of hydrogen-bond acceptors (Lipinski definition) is 6. The Morgan fingerprint density at radius 3 is 2.83 bits per heavy atom. The molecule has 1 aliphatic rings. The Hall–Kier alpha value is -1.93. The zero-order chi connectivity index (χ0) is 16.9. The lowest BCUT2D eigenvalue weighted by molar-refractivity contribution is -0.145. The van der Waals surface area contributed by atoms with Gasteiger partial charge in [-0.05, 0) is 24.3 Å². The average Bonchev–Trinajstić information content (AvgIpc) is 3.21. The molecule has 1 saturated heterocycles. The van der Waals surface area contributed by atoms with Crippen molar-refractivity contribution in [2.75, 3.05) is 18.8 Å². The number of carbonyl (C=O) groups excluding carboxylic acids is 2. The molecule has 0 N–H and O–H groups in total. The highest BCUT2D eigenvalue weighted by Gasteiger charge is 2.21. The molecule has 1 amide bonds. The number of halogens is 1. The lowest BCUT2D eigenvalue weighted by atomic mass is 10.2. The third-order valence-corrected chi connectivity index (χ3v) is 5.29. The fraction of sp³-hybridized carbons (Fsp3) is 0.312. The zero-order valence-electron chi connectivity index (χ0n) is 12.7. The summed E-state index contributed by atoms with van der Waals surface area (Å²) in [5.74, 6) is 0.133. The van der Waals surface area contributed by atoms with Gasteiger partial charge in [0.05, 0.1) is 12.1 Å². The summed E-state index contributed by atoms with van der Waals surface area (Å²) in [5.41, 5.74) is 1.48. The molecule has 0 saturated carbocycles. The summed E-state index contributed by atoms with van der Waals surface area (Å²) >= 11 is 2.69. The number of amides is 1. The number of thiazole rings is 1. The van der Waals surface area contributed by atoms with E-state index in [0.717, 1.165) is 16.3 Å². The number of aromatic nitrogens is 1. The molecule has 1 aromatic heterocycles. The Labute approximate surface area is 146 Å². The lowest BCUT2D eigenvalue weighted by Crippen LogP contribution is -2.26. The van der Waals surface area contributed by atoms with Gasteiger partial charge in [0.25, 0.3) is 5.24 Å². The molecule has 1 fully saturated rings. The molecule has 0 bridgehead atoms. The minimum atomic E-state index is -0.351. The maximum atomic E-state index is 12.9. The van der Waals surface area contributed by atoms with Gasteiger partial charge in [-0.25, -0.2) is 9.37 Å². The average molecular weight is 366 g/mol. The molecule has 0 aliphatic carbocycles. The molecule has 1 aromatic carbocycles. The second-order valence-corrected chi connectivity index (χ2v) is 7.07. The van der Waals surface area contributed by atoms with Gasteiger partial charge in [-0.3, -0.25) is 9.59 Å². The van der Waals surface area contributed by atoms with Gasteiger partial charge in [-0.15, -0.1) is 11.3 Å². The first-order valence-electron chi connectivity index (χ1n) is 7.39. The zero-order valence-corrected chi connectivity index (χ0v) is 14.4. The summed E-state index contributed by atoms with van der Waals surface area (Å²) in [7, 11) is 0. The van der Waals surface area contributed by atoms with Crippen LogP contribution in [0, 0.1) is 5.82 Å². The summed E-state index contributed by atoms with van der Waals surface area (Å²) in [4.78, 5) is 29.2. The molecule has 1 aliphatic heterocycles. The minimum absolute atomic E-state index is 0.0197. The predicted molar refractivity (Wildman–Crippen MR) is 91.3 cm³/mol. The van der Waals surface area contributed by atoms with E-state index in [1.165, 1.54) is 35.2 Å². The van der Waals surface area contributed by atoms with Crippen molar-refractivity contribution in [3.05, 3.63) is 41.2 Å². The smallest absolute Gasteiger partial charge is 0.307 e. The Kier molecular flexibility index (Phi) is 5.47. The molecule has 24 heavy (non-hydrogen) atoms. The van der Waals surface area contributed by atoms with E-state index in [-0.39, 0.29) is 30.1 Å². The second kappa shape index (κ2) is 7.76. The van der Waals surface area contributed by atoms with E-state index in [9.17, 15) is 14.0 Å². The molecule has 126 valence electrons.